The Balaban J connectivity index is 1.93. The molecular formula is C29H31NO6. The fraction of sp³-hybridized carbons (Fsp3) is 0.345. The lowest BCUT2D eigenvalue weighted by molar-refractivity contribution is -0.152. The Morgan fingerprint density at radius 3 is 2.31 bits per heavy atom. The van der Waals surface area contributed by atoms with Crippen LogP contribution in [0.3, 0.4) is 0 Å². The van der Waals surface area contributed by atoms with Crippen LogP contribution in [0, 0.1) is 5.92 Å². The molecule has 0 saturated heterocycles. The quantitative estimate of drug-likeness (QED) is 0.455. The molecule has 7 heteroatoms. The molecule has 0 bridgehead atoms. The molecule has 0 spiro atoms. The molecule has 0 amide bonds. The molecule has 3 atom stereocenters. The number of ether oxygens (including phenoxy) is 3. The van der Waals surface area contributed by atoms with E-state index in [1.54, 1.807) is 33.9 Å². The summed E-state index contributed by atoms with van der Waals surface area (Å²) >= 11 is 0. The minimum atomic E-state index is -1.04. The first-order chi connectivity index (χ1) is 17.4. The van der Waals surface area contributed by atoms with Crippen LogP contribution >= 0.6 is 0 Å². The van der Waals surface area contributed by atoms with E-state index >= 15 is 0 Å². The number of benzene rings is 2. The predicted molar refractivity (Wildman–Crippen MR) is 134 cm³/mol. The number of rotatable bonds is 7. The Bertz CT molecular complexity index is 1230. The molecule has 0 fully saturated rings. The van der Waals surface area contributed by atoms with Crippen LogP contribution in [0.2, 0.25) is 0 Å². The van der Waals surface area contributed by atoms with Gasteiger partial charge in [-0.05, 0) is 38.8 Å². The maximum absolute atomic E-state index is 14.3. The topological polar surface area (TPSA) is 90.9 Å². The Hall–Kier alpha value is -3.87. The second-order valence-corrected chi connectivity index (χ2v) is 8.77. The summed E-state index contributed by atoms with van der Waals surface area (Å²) in [5.74, 6) is -3.09. The summed E-state index contributed by atoms with van der Waals surface area (Å²) < 4.78 is 16.4. The van der Waals surface area contributed by atoms with Crippen molar-refractivity contribution in [3.63, 3.8) is 0 Å². The first kappa shape index (κ1) is 25.2. The molecule has 0 radical (unpaired) electrons. The number of allylic oxidation sites excluding steroid dienone is 3. The van der Waals surface area contributed by atoms with Crippen molar-refractivity contribution >= 4 is 17.7 Å². The van der Waals surface area contributed by atoms with Gasteiger partial charge in [0.2, 0.25) is 0 Å². The number of nitrogens with one attached hydrogen (secondary N) is 1. The third-order valence-corrected chi connectivity index (χ3v) is 6.73. The number of para-hydroxylation sites is 1. The molecule has 2 aromatic carbocycles. The van der Waals surface area contributed by atoms with Gasteiger partial charge in [0.05, 0.1) is 31.8 Å². The van der Waals surface area contributed by atoms with Crippen LogP contribution in [-0.4, -0.2) is 38.0 Å². The van der Waals surface area contributed by atoms with E-state index in [9.17, 15) is 14.4 Å². The Kier molecular flexibility index (Phi) is 7.58. The molecule has 36 heavy (non-hydrogen) atoms. The van der Waals surface area contributed by atoms with E-state index in [0.717, 1.165) is 5.56 Å². The lowest BCUT2D eigenvalue weighted by Crippen LogP contribution is -2.43. The highest BCUT2D eigenvalue weighted by Gasteiger charge is 2.49. The van der Waals surface area contributed by atoms with Crippen molar-refractivity contribution in [1.29, 1.82) is 0 Å². The van der Waals surface area contributed by atoms with Gasteiger partial charge in [-0.25, -0.2) is 4.79 Å². The van der Waals surface area contributed by atoms with Crippen molar-refractivity contribution in [1.82, 2.24) is 5.32 Å². The van der Waals surface area contributed by atoms with Gasteiger partial charge in [-0.3, -0.25) is 9.59 Å². The van der Waals surface area contributed by atoms with Gasteiger partial charge in [-0.2, -0.15) is 0 Å². The number of Topliss-reactive ketones (excluding diaryl/α,β-unsaturated/α-hetero) is 1. The highest BCUT2D eigenvalue weighted by Crippen LogP contribution is 2.49. The second kappa shape index (κ2) is 10.8. The number of esters is 2. The molecular weight excluding hydrogens is 458 g/mol. The number of ketones is 1. The highest BCUT2D eigenvalue weighted by atomic mass is 16.5. The van der Waals surface area contributed by atoms with Crippen LogP contribution in [0.15, 0.2) is 77.1 Å². The number of dihydropyridines is 1. The summed E-state index contributed by atoms with van der Waals surface area (Å²) in [5, 5.41) is 3.31. The molecule has 2 aromatic rings. The van der Waals surface area contributed by atoms with Crippen LogP contribution in [0.1, 0.15) is 50.2 Å². The lowest BCUT2D eigenvalue weighted by Gasteiger charge is -2.39. The minimum Gasteiger partial charge on any atom is -0.496 e. The van der Waals surface area contributed by atoms with Crippen LogP contribution in [0.4, 0.5) is 0 Å². The molecule has 1 N–H and O–H groups in total. The third-order valence-electron chi connectivity index (χ3n) is 6.73. The van der Waals surface area contributed by atoms with Crippen molar-refractivity contribution in [2.45, 2.75) is 39.0 Å². The van der Waals surface area contributed by atoms with Gasteiger partial charge in [-0.1, -0.05) is 48.5 Å². The number of carbonyl (C=O) groups is 3. The standard InChI is InChI=1S/C29H31NO6/c1-5-35-28(32)23-17(3)30-21-16-20(18-12-8-7-9-13-18)25(29(33)36-6-2)27(31)26(21)24(23)19-14-10-11-15-22(19)34-4/h7-15,20,24-25,30H,5-6,16H2,1-4H3/t20-,24-,25-/m1/s1. The monoisotopic (exact) mass is 489 g/mol. The van der Waals surface area contributed by atoms with Gasteiger partial charge in [-0.15, -0.1) is 0 Å². The molecule has 0 saturated carbocycles. The summed E-state index contributed by atoms with van der Waals surface area (Å²) in [6, 6.07) is 16.8. The summed E-state index contributed by atoms with van der Waals surface area (Å²) in [6.07, 6.45) is 0.410. The lowest BCUT2D eigenvalue weighted by atomic mass is 9.67. The fourth-order valence-corrected chi connectivity index (χ4v) is 5.25. The van der Waals surface area contributed by atoms with Crippen molar-refractivity contribution in [3.05, 3.63) is 88.3 Å². The van der Waals surface area contributed by atoms with E-state index in [4.69, 9.17) is 14.2 Å². The summed E-state index contributed by atoms with van der Waals surface area (Å²) in [4.78, 5) is 40.7. The fourth-order valence-electron chi connectivity index (χ4n) is 5.25. The van der Waals surface area contributed by atoms with Crippen LogP contribution in [-0.2, 0) is 23.9 Å². The summed E-state index contributed by atoms with van der Waals surface area (Å²) in [5.41, 5.74) is 3.54. The Morgan fingerprint density at radius 2 is 1.64 bits per heavy atom. The van der Waals surface area contributed by atoms with Gasteiger partial charge in [0, 0.05) is 28.4 Å². The van der Waals surface area contributed by atoms with E-state index < -0.39 is 29.7 Å². The van der Waals surface area contributed by atoms with Gasteiger partial charge < -0.3 is 19.5 Å². The smallest absolute Gasteiger partial charge is 0.336 e. The molecule has 0 unspecified atom stereocenters. The first-order valence-electron chi connectivity index (χ1n) is 12.2. The van der Waals surface area contributed by atoms with E-state index in [1.165, 1.54) is 0 Å². The molecule has 188 valence electrons. The molecule has 1 aliphatic carbocycles. The molecule has 2 aliphatic rings. The number of methoxy groups -OCH3 is 1. The van der Waals surface area contributed by atoms with Gasteiger partial charge in [0.25, 0.3) is 0 Å². The summed E-state index contributed by atoms with van der Waals surface area (Å²) in [6.45, 7) is 5.61. The van der Waals surface area contributed by atoms with E-state index in [1.807, 2.05) is 48.5 Å². The molecule has 1 aliphatic heterocycles. The number of carbonyl (C=O) groups excluding carboxylic acids is 3. The maximum Gasteiger partial charge on any atom is 0.336 e. The highest BCUT2D eigenvalue weighted by molar-refractivity contribution is 6.13. The average molecular weight is 490 g/mol. The van der Waals surface area contributed by atoms with Crippen LogP contribution in [0.25, 0.3) is 0 Å². The largest absolute Gasteiger partial charge is 0.496 e. The minimum absolute atomic E-state index is 0.164. The van der Waals surface area contributed by atoms with Gasteiger partial charge >= 0.3 is 11.9 Å². The van der Waals surface area contributed by atoms with E-state index in [-0.39, 0.29) is 19.0 Å². The van der Waals surface area contributed by atoms with Gasteiger partial charge in [0.1, 0.15) is 11.7 Å². The Labute approximate surface area is 211 Å². The average Bonchev–Trinajstić information content (AvgIpc) is 2.88. The van der Waals surface area contributed by atoms with E-state index in [0.29, 0.717) is 40.3 Å². The normalized spacial score (nSPS) is 21.4. The SMILES string of the molecule is CCOC(=O)C1=C(C)NC2=C(C(=O)[C@H](C(=O)OCC)[C@@H](c3ccccc3)C2)[C@@H]1c1ccccc1OC. The van der Waals surface area contributed by atoms with Crippen molar-refractivity contribution in [2.24, 2.45) is 5.92 Å². The number of hydrogen-bond donors (Lipinski definition) is 1. The van der Waals surface area contributed by atoms with Crippen LogP contribution < -0.4 is 10.1 Å². The first-order valence-corrected chi connectivity index (χ1v) is 12.2. The third kappa shape index (κ3) is 4.53. The van der Waals surface area contributed by atoms with Gasteiger partial charge in [0.15, 0.2) is 5.78 Å². The second-order valence-electron chi connectivity index (χ2n) is 8.77. The zero-order valence-electron chi connectivity index (χ0n) is 21.0. The predicted octanol–water partition coefficient (Wildman–Crippen LogP) is 4.41. The van der Waals surface area contributed by atoms with Crippen molar-refractivity contribution in [2.75, 3.05) is 20.3 Å². The number of hydrogen-bond acceptors (Lipinski definition) is 7. The van der Waals surface area contributed by atoms with Crippen molar-refractivity contribution in [3.8, 4) is 5.75 Å². The Morgan fingerprint density at radius 1 is 0.972 bits per heavy atom. The van der Waals surface area contributed by atoms with Crippen LogP contribution in [0.5, 0.6) is 5.75 Å². The zero-order valence-corrected chi connectivity index (χ0v) is 21.0. The zero-order chi connectivity index (χ0) is 25.8. The molecule has 4 rings (SSSR count). The van der Waals surface area contributed by atoms with E-state index in [2.05, 4.69) is 5.32 Å². The maximum atomic E-state index is 14.3. The molecule has 1 heterocycles. The molecule has 0 aromatic heterocycles. The van der Waals surface area contributed by atoms with Crippen molar-refractivity contribution < 1.29 is 28.6 Å². The molecule has 7 nitrogen and oxygen atoms in total. The summed E-state index contributed by atoms with van der Waals surface area (Å²) in [7, 11) is 1.55.